The maximum absolute atomic E-state index is 12.6. The van der Waals surface area contributed by atoms with Crippen LogP contribution in [0.4, 0.5) is 0 Å². The Labute approximate surface area is 386 Å². The fraction of sp³-hybridized carbons (Fsp3) is 0.846. The highest BCUT2D eigenvalue weighted by molar-refractivity contribution is 7.47. The van der Waals surface area contributed by atoms with E-state index in [1.165, 1.54) is 161 Å². The predicted molar refractivity (Wildman–Crippen MR) is 261 cm³/mol. The van der Waals surface area contributed by atoms with Crippen LogP contribution in [0.1, 0.15) is 245 Å². The van der Waals surface area contributed by atoms with Crippen LogP contribution in [0.5, 0.6) is 0 Å². The Morgan fingerprint density at radius 1 is 0.476 bits per heavy atom. The molecule has 11 heteroatoms. The van der Waals surface area contributed by atoms with Crippen molar-refractivity contribution in [3.8, 4) is 0 Å². The molecule has 0 spiro atoms. The van der Waals surface area contributed by atoms with Crippen molar-refractivity contribution in [1.82, 2.24) is 0 Å². The van der Waals surface area contributed by atoms with E-state index in [4.69, 9.17) is 23.6 Å². The molecule has 0 heterocycles. The second-order valence-corrected chi connectivity index (χ2v) is 19.0. The molecule has 370 valence electrons. The Hall–Kier alpha value is -1.81. The van der Waals surface area contributed by atoms with Crippen molar-refractivity contribution >= 4 is 19.8 Å². The van der Waals surface area contributed by atoms with Gasteiger partial charge in [-0.15, -0.1) is 0 Å². The topological polar surface area (TPSA) is 149 Å². The molecule has 0 radical (unpaired) electrons. The zero-order valence-corrected chi connectivity index (χ0v) is 41.4. The van der Waals surface area contributed by atoms with Gasteiger partial charge in [-0.3, -0.25) is 18.6 Å². The smallest absolute Gasteiger partial charge is 0.462 e. The first-order valence-corrected chi connectivity index (χ1v) is 27.4. The van der Waals surface area contributed by atoms with Crippen molar-refractivity contribution in [3.63, 3.8) is 0 Å². The molecule has 3 N–H and O–H groups in total. The van der Waals surface area contributed by atoms with E-state index in [1.54, 1.807) is 0 Å². The van der Waals surface area contributed by atoms with E-state index in [2.05, 4.69) is 44.2 Å². The van der Waals surface area contributed by atoms with E-state index in [0.717, 1.165) is 38.5 Å². The molecule has 63 heavy (non-hydrogen) atoms. The van der Waals surface area contributed by atoms with Gasteiger partial charge in [-0.1, -0.05) is 224 Å². The van der Waals surface area contributed by atoms with Gasteiger partial charge in [-0.2, -0.15) is 0 Å². The van der Waals surface area contributed by atoms with Crippen LogP contribution in [0.25, 0.3) is 0 Å². The van der Waals surface area contributed by atoms with Crippen LogP contribution >= 0.6 is 7.82 Å². The van der Waals surface area contributed by atoms with Crippen LogP contribution in [0.3, 0.4) is 0 Å². The number of aliphatic hydroxyl groups excluding tert-OH is 2. The molecule has 10 nitrogen and oxygen atoms in total. The number of allylic oxidation sites excluding steroid dienone is 6. The maximum atomic E-state index is 12.6. The Kier molecular flexibility index (Phi) is 46.7. The van der Waals surface area contributed by atoms with E-state index >= 15 is 0 Å². The highest BCUT2D eigenvalue weighted by atomic mass is 31.2. The molecule has 0 aliphatic carbocycles. The summed E-state index contributed by atoms with van der Waals surface area (Å²) in [5.74, 6) is -0.975. The van der Waals surface area contributed by atoms with Gasteiger partial charge in [0, 0.05) is 12.8 Å². The Morgan fingerprint density at radius 3 is 1.29 bits per heavy atom. The van der Waals surface area contributed by atoms with Gasteiger partial charge in [0.15, 0.2) is 6.10 Å². The van der Waals surface area contributed by atoms with Gasteiger partial charge in [-0.25, -0.2) is 4.57 Å². The molecular formula is C52H97O10P. The molecule has 1 unspecified atom stereocenters. The highest BCUT2D eigenvalue weighted by Gasteiger charge is 2.27. The van der Waals surface area contributed by atoms with Crippen molar-refractivity contribution in [3.05, 3.63) is 36.5 Å². The van der Waals surface area contributed by atoms with Crippen molar-refractivity contribution in [2.45, 2.75) is 257 Å². The number of rotatable bonds is 49. The summed E-state index contributed by atoms with van der Waals surface area (Å²) in [6.45, 7) is 2.36. The molecule has 0 aromatic rings. The highest BCUT2D eigenvalue weighted by Crippen LogP contribution is 2.43. The molecule has 0 aliphatic heterocycles. The molecule has 0 fully saturated rings. The molecule has 3 atom stereocenters. The standard InChI is InChI=1S/C52H97O10P/c1-3-5-7-9-11-13-15-17-19-21-22-23-24-25-26-28-29-31-33-35-37-39-41-43-51(55)59-47-50(48-61-63(57,58)60-46-49(54)45-53)62-52(56)44-42-40-38-36-34-32-30-27-20-18-16-14-12-10-8-6-4-2/h18,20,30,32,36,38,49-50,53-54H,3-17,19,21-29,31,33-35,37,39-48H2,1-2H3,(H,57,58)/b20-18+,32-30+,38-36+/t49-,50+/m1/s1. The number of ether oxygens (including phenoxy) is 2. The van der Waals surface area contributed by atoms with Gasteiger partial charge in [0.1, 0.15) is 12.7 Å². The molecule has 0 aromatic carbocycles. The van der Waals surface area contributed by atoms with Crippen molar-refractivity contribution in [2.24, 2.45) is 0 Å². The first-order chi connectivity index (χ1) is 30.7. The Morgan fingerprint density at radius 2 is 0.841 bits per heavy atom. The van der Waals surface area contributed by atoms with E-state index in [1.807, 2.05) is 6.08 Å². The summed E-state index contributed by atoms with van der Waals surface area (Å²) in [7, 11) is -4.63. The summed E-state index contributed by atoms with van der Waals surface area (Å²) in [6, 6.07) is 0. The van der Waals surface area contributed by atoms with E-state index in [-0.39, 0.29) is 19.4 Å². The predicted octanol–water partition coefficient (Wildman–Crippen LogP) is 14.7. The third-order valence-corrected chi connectivity index (χ3v) is 12.2. The number of esters is 2. The summed E-state index contributed by atoms with van der Waals surface area (Å²) in [5, 5.41) is 18.4. The molecule has 0 saturated carbocycles. The van der Waals surface area contributed by atoms with E-state index in [0.29, 0.717) is 19.3 Å². The maximum Gasteiger partial charge on any atom is 0.472 e. The summed E-state index contributed by atoms with van der Waals surface area (Å²) < 4.78 is 32.8. The van der Waals surface area contributed by atoms with Crippen LogP contribution in [0.2, 0.25) is 0 Å². The summed E-state index contributed by atoms with van der Waals surface area (Å²) in [4.78, 5) is 35.1. The number of hydrogen-bond acceptors (Lipinski definition) is 9. The van der Waals surface area contributed by atoms with Gasteiger partial charge in [0.25, 0.3) is 0 Å². The molecule has 0 aromatic heterocycles. The third-order valence-electron chi connectivity index (χ3n) is 11.3. The summed E-state index contributed by atoms with van der Waals surface area (Å²) in [6.07, 6.45) is 52.7. The molecule has 0 rings (SSSR count). The Bertz CT molecular complexity index is 1140. The number of unbranched alkanes of at least 4 members (excludes halogenated alkanes) is 29. The normalized spacial score (nSPS) is 13.9. The lowest BCUT2D eigenvalue weighted by Crippen LogP contribution is -2.29. The van der Waals surface area contributed by atoms with Gasteiger partial charge in [0.05, 0.1) is 19.8 Å². The average molecular weight is 913 g/mol. The monoisotopic (exact) mass is 913 g/mol. The molecule has 0 bridgehead atoms. The molecule has 0 aliphatic rings. The van der Waals surface area contributed by atoms with E-state index in [9.17, 15) is 24.2 Å². The van der Waals surface area contributed by atoms with Crippen LogP contribution in [0.15, 0.2) is 36.5 Å². The minimum absolute atomic E-state index is 0.115. The van der Waals surface area contributed by atoms with Gasteiger partial charge < -0.3 is 24.6 Å². The van der Waals surface area contributed by atoms with Crippen LogP contribution < -0.4 is 0 Å². The average Bonchev–Trinajstić information content (AvgIpc) is 3.27. The van der Waals surface area contributed by atoms with Crippen molar-refractivity contribution < 1.29 is 47.8 Å². The summed E-state index contributed by atoms with van der Waals surface area (Å²) >= 11 is 0. The second-order valence-electron chi connectivity index (χ2n) is 17.6. The van der Waals surface area contributed by atoms with Crippen molar-refractivity contribution in [1.29, 1.82) is 0 Å². The second kappa shape index (κ2) is 48.1. The number of hydrogen-bond donors (Lipinski definition) is 3. The number of carbonyl (C=O) groups is 2. The fourth-order valence-corrected chi connectivity index (χ4v) is 8.10. The van der Waals surface area contributed by atoms with Crippen molar-refractivity contribution in [2.75, 3.05) is 26.4 Å². The minimum atomic E-state index is -4.63. The molecular weight excluding hydrogens is 816 g/mol. The van der Waals surface area contributed by atoms with Gasteiger partial charge >= 0.3 is 19.8 Å². The number of carbonyl (C=O) groups excluding carboxylic acids is 2. The molecule has 0 amide bonds. The summed E-state index contributed by atoms with van der Waals surface area (Å²) in [5.41, 5.74) is 0. The number of phosphoric acid groups is 1. The lowest BCUT2D eigenvalue weighted by atomic mass is 10.0. The van der Waals surface area contributed by atoms with Gasteiger partial charge in [0.2, 0.25) is 0 Å². The Balaban J connectivity index is 4.18. The number of phosphoric ester groups is 1. The van der Waals surface area contributed by atoms with Crippen LogP contribution in [-0.2, 0) is 32.7 Å². The zero-order chi connectivity index (χ0) is 46.2. The minimum Gasteiger partial charge on any atom is -0.462 e. The lowest BCUT2D eigenvalue weighted by Gasteiger charge is -2.20. The largest absolute Gasteiger partial charge is 0.472 e. The van der Waals surface area contributed by atoms with E-state index < -0.39 is 51.8 Å². The lowest BCUT2D eigenvalue weighted by molar-refractivity contribution is -0.161. The molecule has 0 saturated heterocycles. The first kappa shape index (κ1) is 61.2. The fourth-order valence-electron chi connectivity index (χ4n) is 7.31. The SMILES string of the molecule is CCCCCCCC/C=C/C/C=C/C/C=C/CCCC(=O)O[C@@H](COC(=O)CCCCCCCCCCCCCCCCCCCCCCCCC)COP(=O)(O)OC[C@H](O)CO. The third kappa shape index (κ3) is 48.0. The quantitative estimate of drug-likeness (QED) is 0.0233. The van der Waals surface area contributed by atoms with Gasteiger partial charge in [-0.05, 0) is 44.9 Å². The zero-order valence-electron chi connectivity index (χ0n) is 40.5. The van der Waals surface area contributed by atoms with Crippen LogP contribution in [0, 0.1) is 0 Å². The van der Waals surface area contributed by atoms with Crippen LogP contribution in [-0.4, -0.2) is 65.7 Å². The number of aliphatic hydroxyl groups is 2. The first-order valence-electron chi connectivity index (χ1n) is 25.9.